The average molecular weight is 344 g/mol. The molecule has 1 rings (SSSR count). The Bertz CT molecular complexity index is 473. The highest BCUT2D eigenvalue weighted by Gasteiger charge is 2.26. The molecule has 5 nitrogen and oxygen atoms in total. The fraction of sp³-hybridized carbons (Fsp3) is 0.429. The Kier molecular flexibility index (Phi) is 6.01. The van der Waals surface area contributed by atoms with E-state index in [9.17, 15) is 9.59 Å². The average Bonchev–Trinajstić information content (AvgIpc) is 2.37. The maximum atomic E-state index is 11.9. The van der Waals surface area contributed by atoms with Crippen LogP contribution in [0.15, 0.2) is 28.7 Å². The van der Waals surface area contributed by atoms with Crippen molar-refractivity contribution in [2.75, 3.05) is 0 Å². The first-order valence-corrected chi connectivity index (χ1v) is 7.06. The van der Waals surface area contributed by atoms with E-state index in [1.165, 1.54) is 0 Å². The molecule has 0 saturated heterocycles. The number of benzene rings is 1. The fourth-order valence-corrected chi connectivity index (χ4v) is 1.82. The van der Waals surface area contributed by atoms with Crippen LogP contribution in [0.1, 0.15) is 20.8 Å². The van der Waals surface area contributed by atoms with Crippen LogP contribution < -0.4 is 10.1 Å². The minimum absolute atomic E-state index is 0.198. The van der Waals surface area contributed by atoms with Crippen LogP contribution in [0.4, 0.5) is 0 Å². The first-order chi connectivity index (χ1) is 9.31. The standard InChI is InChI=1S/C14H18BrNO4/c1-8(2)12(14(18)19)16-13(17)9(3)20-11-6-4-10(15)5-7-11/h4-9,12H,1-3H3,(H,16,17)(H,18,19). The van der Waals surface area contributed by atoms with E-state index < -0.39 is 24.0 Å². The third-order valence-corrected chi connectivity index (χ3v) is 3.25. The molecule has 0 aliphatic rings. The van der Waals surface area contributed by atoms with E-state index in [-0.39, 0.29) is 5.92 Å². The van der Waals surface area contributed by atoms with Crippen LogP contribution in [-0.4, -0.2) is 29.1 Å². The van der Waals surface area contributed by atoms with Gasteiger partial charge in [-0.3, -0.25) is 4.79 Å². The van der Waals surface area contributed by atoms with Gasteiger partial charge in [0.1, 0.15) is 11.8 Å². The van der Waals surface area contributed by atoms with E-state index in [2.05, 4.69) is 21.2 Å². The Morgan fingerprint density at radius 3 is 2.20 bits per heavy atom. The Labute approximate surface area is 126 Å². The number of ether oxygens (including phenoxy) is 1. The SMILES string of the molecule is CC(Oc1ccc(Br)cc1)C(=O)NC(C(=O)O)C(C)C. The smallest absolute Gasteiger partial charge is 0.326 e. The van der Waals surface area contributed by atoms with Gasteiger partial charge >= 0.3 is 5.97 Å². The molecule has 1 aromatic carbocycles. The minimum Gasteiger partial charge on any atom is -0.481 e. The number of nitrogens with one attached hydrogen (secondary N) is 1. The molecule has 6 heteroatoms. The lowest BCUT2D eigenvalue weighted by Crippen LogP contribution is -2.48. The molecule has 2 N–H and O–H groups in total. The van der Waals surface area contributed by atoms with Crippen LogP contribution in [0.2, 0.25) is 0 Å². The van der Waals surface area contributed by atoms with Gasteiger partial charge in [0.25, 0.3) is 5.91 Å². The van der Waals surface area contributed by atoms with Crippen molar-refractivity contribution in [3.63, 3.8) is 0 Å². The van der Waals surface area contributed by atoms with Crippen molar-refractivity contribution in [3.05, 3.63) is 28.7 Å². The van der Waals surface area contributed by atoms with E-state index in [0.717, 1.165) is 4.47 Å². The van der Waals surface area contributed by atoms with Gasteiger partial charge in [0.05, 0.1) is 0 Å². The summed E-state index contributed by atoms with van der Waals surface area (Å²) in [6.45, 7) is 5.05. The molecule has 0 aliphatic heterocycles. The second kappa shape index (κ2) is 7.28. The summed E-state index contributed by atoms with van der Waals surface area (Å²) in [5, 5.41) is 11.5. The molecule has 0 bridgehead atoms. The molecule has 1 amide bonds. The van der Waals surface area contributed by atoms with Crippen molar-refractivity contribution in [3.8, 4) is 5.75 Å². The third kappa shape index (κ3) is 4.85. The zero-order valence-corrected chi connectivity index (χ0v) is 13.2. The Balaban J connectivity index is 2.62. The monoisotopic (exact) mass is 343 g/mol. The van der Waals surface area contributed by atoms with Gasteiger partial charge in [-0.15, -0.1) is 0 Å². The van der Waals surface area contributed by atoms with Gasteiger partial charge in [-0.25, -0.2) is 4.79 Å². The zero-order valence-electron chi connectivity index (χ0n) is 11.6. The van der Waals surface area contributed by atoms with E-state index in [4.69, 9.17) is 9.84 Å². The number of halogens is 1. The van der Waals surface area contributed by atoms with Gasteiger partial charge in [0.15, 0.2) is 6.10 Å². The highest BCUT2D eigenvalue weighted by Crippen LogP contribution is 2.17. The lowest BCUT2D eigenvalue weighted by molar-refractivity contribution is -0.144. The summed E-state index contributed by atoms with van der Waals surface area (Å²) in [5.41, 5.74) is 0. The Morgan fingerprint density at radius 1 is 1.20 bits per heavy atom. The highest BCUT2D eigenvalue weighted by molar-refractivity contribution is 9.10. The summed E-state index contributed by atoms with van der Waals surface area (Å²) in [4.78, 5) is 23.0. The molecular formula is C14H18BrNO4. The van der Waals surface area contributed by atoms with Gasteiger partial charge in [-0.2, -0.15) is 0 Å². The summed E-state index contributed by atoms with van der Waals surface area (Å²) in [6.07, 6.45) is -0.767. The Morgan fingerprint density at radius 2 is 1.75 bits per heavy atom. The second-order valence-electron chi connectivity index (χ2n) is 4.78. The van der Waals surface area contributed by atoms with Gasteiger partial charge in [-0.05, 0) is 37.1 Å². The lowest BCUT2D eigenvalue weighted by atomic mass is 10.0. The van der Waals surface area contributed by atoms with E-state index in [1.807, 2.05) is 0 Å². The fourth-order valence-electron chi connectivity index (χ4n) is 1.55. The molecule has 0 fully saturated rings. The van der Waals surface area contributed by atoms with Crippen LogP contribution in [0.3, 0.4) is 0 Å². The topological polar surface area (TPSA) is 75.6 Å². The summed E-state index contributed by atoms with van der Waals surface area (Å²) < 4.78 is 6.38. The molecule has 0 saturated carbocycles. The number of carboxylic acid groups (broad SMARTS) is 1. The van der Waals surface area contributed by atoms with Crippen LogP contribution in [0.5, 0.6) is 5.75 Å². The number of rotatable bonds is 6. The lowest BCUT2D eigenvalue weighted by Gasteiger charge is -2.21. The first kappa shape index (κ1) is 16.5. The maximum absolute atomic E-state index is 11.9. The molecule has 2 atom stereocenters. The molecule has 0 heterocycles. The van der Waals surface area contributed by atoms with E-state index in [1.54, 1.807) is 45.0 Å². The van der Waals surface area contributed by atoms with Gasteiger partial charge in [0.2, 0.25) is 0 Å². The largest absolute Gasteiger partial charge is 0.481 e. The second-order valence-corrected chi connectivity index (χ2v) is 5.70. The predicted octanol–water partition coefficient (Wildman–Crippen LogP) is 2.44. The molecule has 0 aliphatic carbocycles. The van der Waals surface area contributed by atoms with Gasteiger partial charge < -0.3 is 15.2 Å². The predicted molar refractivity (Wildman–Crippen MR) is 78.6 cm³/mol. The molecule has 110 valence electrons. The number of carboxylic acids is 1. The molecule has 20 heavy (non-hydrogen) atoms. The summed E-state index contributed by atoms with van der Waals surface area (Å²) in [7, 11) is 0. The molecule has 0 aromatic heterocycles. The summed E-state index contributed by atoms with van der Waals surface area (Å²) in [6, 6.07) is 6.14. The van der Waals surface area contributed by atoms with Crippen molar-refractivity contribution in [2.24, 2.45) is 5.92 Å². The number of aliphatic carboxylic acids is 1. The molecule has 1 aromatic rings. The molecule has 0 spiro atoms. The van der Waals surface area contributed by atoms with E-state index in [0.29, 0.717) is 5.75 Å². The van der Waals surface area contributed by atoms with Gasteiger partial charge in [0, 0.05) is 4.47 Å². The summed E-state index contributed by atoms with van der Waals surface area (Å²) >= 11 is 3.31. The van der Waals surface area contributed by atoms with E-state index >= 15 is 0 Å². The summed E-state index contributed by atoms with van der Waals surface area (Å²) in [5.74, 6) is -1.15. The molecule has 2 unspecified atom stereocenters. The molecule has 0 radical (unpaired) electrons. The van der Waals surface area contributed by atoms with Crippen molar-refractivity contribution in [2.45, 2.75) is 32.9 Å². The normalized spacial score (nSPS) is 13.7. The third-order valence-electron chi connectivity index (χ3n) is 2.73. The maximum Gasteiger partial charge on any atom is 0.326 e. The quantitative estimate of drug-likeness (QED) is 0.831. The number of hydrogen-bond acceptors (Lipinski definition) is 3. The number of carbonyl (C=O) groups is 2. The van der Waals surface area contributed by atoms with Crippen LogP contribution in [0.25, 0.3) is 0 Å². The first-order valence-electron chi connectivity index (χ1n) is 6.26. The van der Waals surface area contributed by atoms with Gasteiger partial charge in [-0.1, -0.05) is 29.8 Å². The minimum atomic E-state index is -1.05. The van der Waals surface area contributed by atoms with Crippen LogP contribution in [0, 0.1) is 5.92 Å². The van der Waals surface area contributed by atoms with Crippen molar-refractivity contribution in [1.82, 2.24) is 5.32 Å². The van der Waals surface area contributed by atoms with Crippen LogP contribution >= 0.6 is 15.9 Å². The molecular weight excluding hydrogens is 326 g/mol. The van der Waals surface area contributed by atoms with Crippen molar-refractivity contribution >= 4 is 27.8 Å². The number of carbonyl (C=O) groups excluding carboxylic acids is 1. The Hall–Kier alpha value is -1.56. The highest BCUT2D eigenvalue weighted by atomic mass is 79.9. The number of hydrogen-bond donors (Lipinski definition) is 2. The van der Waals surface area contributed by atoms with Crippen molar-refractivity contribution in [1.29, 1.82) is 0 Å². The van der Waals surface area contributed by atoms with Crippen molar-refractivity contribution < 1.29 is 19.4 Å². The van der Waals surface area contributed by atoms with Crippen LogP contribution in [-0.2, 0) is 9.59 Å². The zero-order chi connectivity index (χ0) is 15.3. The number of amides is 1.